The van der Waals surface area contributed by atoms with E-state index < -0.39 is 4.92 Å². The molecule has 0 atom stereocenters. The summed E-state index contributed by atoms with van der Waals surface area (Å²) in [5.41, 5.74) is 1.46. The summed E-state index contributed by atoms with van der Waals surface area (Å²) >= 11 is 1.38. The summed E-state index contributed by atoms with van der Waals surface area (Å²) in [7, 11) is 0. The third-order valence-electron chi connectivity index (χ3n) is 3.11. The molecule has 0 amide bonds. The van der Waals surface area contributed by atoms with Crippen molar-refractivity contribution in [2.75, 3.05) is 0 Å². The Labute approximate surface area is 129 Å². The molecule has 1 aromatic heterocycles. The van der Waals surface area contributed by atoms with Gasteiger partial charge >= 0.3 is 0 Å². The number of aromatic amines is 1. The molecule has 0 unspecified atom stereocenters. The molecule has 0 aliphatic carbocycles. The number of para-hydroxylation sites is 1. The van der Waals surface area contributed by atoms with Gasteiger partial charge in [0.05, 0.1) is 15.8 Å². The van der Waals surface area contributed by atoms with E-state index in [-0.39, 0.29) is 11.2 Å². The molecule has 0 bridgehead atoms. The number of non-ortho nitro benzene ring substituents is 1. The van der Waals surface area contributed by atoms with Crippen molar-refractivity contribution in [2.45, 2.75) is 10.9 Å². The average molecular weight is 313 g/mol. The van der Waals surface area contributed by atoms with E-state index in [9.17, 15) is 14.9 Å². The van der Waals surface area contributed by atoms with Crippen LogP contribution < -0.4 is 5.56 Å². The summed E-state index contributed by atoms with van der Waals surface area (Å²) in [4.78, 5) is 29.3. The Bertz CT molecular complexity index is 890. The van der Waals surface area contributed by atoms with E-state index in [2.05, 4.69) is 9.97 Å². The van der Waals surface area contributed by atoms with Gasteiger partial charge in [-0.25, -0.2) is 4.98 Å². The Balaban J connectivity index is 1.79. The van der Waals surface area contributed by atoms with Crippen LogP contribution in [0.25, 0.3) is 10.9 Å². The normalized spacial score (nSPS) is 10.7. The molecule has 3 aromatic rings. The van der Waals surface area contributed by atoms with Gasteiger partial charge in [0.15, 0.2) is 5.16 Å². The number of hydrogen-bond donors (Lipinski definition) is 1. The standard InChI is InChI=1S/C15H11N3O3S/c19-14-12-3-1-2-4-13(12)16-15(17-14)22-9-10-5-7-11(8-6-10)18(20)21/h1-8H,9H2,(H,16,17,19). The van der Waals surface area contributed by atoms with E-state index in [0.717, 1.165) is 5.56 Å². The highest BCUT2D eigenvalue weighted by Crippen LogP contribution is 2.21. The van der Waals surface area contributed by atoms with E-state index in [0.29, 0.717) is 21.8 Å². The van der Waals surface area contributed by atoms with Crippen LogP contribution in [0.2, 0.25) is 0 Å². The SMILES string of the molecule is O=c1[nH]c(SCc2ccc([N+](=O)[O-])cc2)nc2ccccc12. The Hall–Kier alpha value is -2.67. The first-order valence-electron chi connectivity index (χ1n) is 6.49. The Morgan fingerprint density at radius 3 is 2.59 bits per heavy atom. The number of nitrogens with one attached hydrogen (secondary N) is 1. The molecule has 1 heterocycles. The summed E-state index contributed by atoms with van der Waals surface area (Å²) in [6, 6.07) is 13.5. The number of H-pyrrole nitrogens is 1. The van der Waals surface area contributed by atoms with Gasteiger partial charge in [-0.05, 0) is 17.7 Å². The van der Waals surface area contributed by atoms with E-state index in [4.69, 9.17) is 0 Å². The zero-order chi connectivity index (χ0) is 15.5. The van der Waals surface area contributed by atoms with Crippen LogP contribution in [0.3, 0.4) is 0 Å². The largest absolute Gasteiger partial charge is 0.301 e. The molecule has 7 heteroatoms. The summed E-state index contributed by atoms with van der Waals surface area (Å²) in [6.45, 7) is 0. The van der Waals surface area contributed by atoms with Crippen molar-refractivity contribution in [3.63, 3.8) is 0 Å². The van der Waals surface area contributed by atoms with Gasteiger partial charge in [-0.2, -0.15) is 0 Å². The number of fused-ring (bicyclic) bond motifs is 1. The van der Waals surface area contributed by atoms with Gasteiger partial charge in [0.1, 0.15) is 0 Å². The number of nitro groups is 1. The second-order valence-corrected chi connectivity index (χ2v) is 5.56. The van der Waals surface area contributed by atoms with Crippen LogP contribution in [0.5, 0.6) is 0 Å². The molecule has 0 fully saturated rings. The number of rotatable bonds is 4. The smallest absolute Gasteiger partial charge is 0.269 e. The molecule has 0 aliphatic rings. The highest BCUT2D eigenvalue weighted by Gasteiger charge is 2.06. The Morgan fingerprint density at radius 1 is 1.14 bits per heavy atom. The molecule has 2 aromatic carbocycles. The lowest BCUT2D eigenvalue weighted by atomic mass is 10.2. The zero-order valence-corrected chi connectivity index (χ0v) is 12.2. The minimum absolute atomic E-state index is 0.0611. The van der Waals surface area contributed by atoms with Gasteiger partial charge in [-0.3, -0.25) is 14.9 Å². The lowest BCUT2D eigenvalue weighted by Crippen LogP contribution is -2.08. The molecule has 3 rings (SSSR count). The van der Waals surface area contributed by atoms with Crippen LogP contribution in [0.1, 0.15) is 5.56 Å². The number of nitro benzene ring substituents is 1. The maximum atomic E-state index is 11.9. The maximum Gasteiger partial charge on any atom is 0.269 e. The summed E-state index contributed by atoms with van der Waals surface area (Å²) in [6.07, 6.45) is 0. The first kappa shape index (κ1) is 14.3. The number of thioether (sulfide) groups is 1. The number of nitrogens with zero attached hydrogens (tertiary/aromatic N) is 2. The molecule has 110 valence electrons. The zero-order valence-electron chi connectivity index (χ0n) is 11.4. The summed E-state index contributed by atoms with van der Waals surface area (Å²) in [5.74, 6) is 0.569. The fraction of sp³-hybridized carbons (Fsp3) is 0.0667. The predicted octanol–water partition coefficient (Wildman–Crippen LogP) is 3.12. The predicted molar refractivity (Wildman–Crippen MR) is 85.0 cm³/mol. The highest BCUT2D eigenvalue weighted by molar-refractivity contribution is 7.98. The molecular formula is C15H11N3O3S. The van der Waals surface area contributed by atoms with Crippen molar-refractivity contribution in [2.24, 2.45) is 0 Å². The second-order valence-electron chi connectivity index (χ2n) is 4.60. The third kappa shape index (κ3) is 2.99. The first-order valence-corrected chi connectivity index (χ1v) is 7.47. The van der Waals surface area contributed by atoms with Crippen LogP contribution in [0, 0.1) is 10.1 Å². The average Bonchev–Trinajstić information content (AvgIpc) is 2.53. The summed E-state index contributed by atoms with van der Waals surface area (Å²) < 4.78 is 0. The Kier molecular flexibility index (Phi) is 3.88. The maximum absolute atomic E-state index is 11.9. The van der Waals surface area contributed by atoms with Crippen molar-refractivity contribution >= 4 is 28.4 Å². The summed E-state index contributed by atoms with van der Waals surface area (Å²) in [5, 5.41) is 11.7. The van der Waals surface area contributed by atoms with E-state index in [1.807, 2.05) is 6.07 Å². The molecule has 0 saturated heterocycles. The number of hydrogen-bond acceptors (Lipinski definition) is 5. The van der Waals surface area contributed by atoms with E-state index in [1.165, 1.54) is 23.9 Å². The van der Waals surface area contributed by atoms with Gasteiger partial charge in [0.25, 0.3) is 11.2 Å². The van der Waals surface area contributed by atoms with Crippen LogP contribution in [-0.4, -0.2) is 14.9 Å². The second kappa shape index (κ2) is 5.98. The molecule has 1 N–H and O–H groups in total. The fourth-order valence-corrected chi connectivity index (χ4v) is 2.82. The van der Waals surface area contributed by atoms with E-state index >= 15 is 0 Å². The number of benzene rings is 2. The van der Waals surface area contributed by atoms with Crippen molar-refractivity contribution in [1.29, 1.82) is 0 Å². The van der Waals surface area contributed by atoms with Crippen molar-refractivity contribution < 1.29 is 4.92 Å². The van der Waals surface area contributed by atoms with Crippen LogP contribution in [0.4, 0.5) is 5.69 Å². The van der Waals surface area contributed by atoms with E-state index in [1.54, 1.807) is 30.3 Å². The molecular weight excluding hydrogens is 302 g/mol. The quantitative estimate of drug-likeness (QED) is 0.346. The molecule has 6 nitrogen and oxygen atoms in total. The minimum atomic E-state index is -0.431. The molecule has 0 aliphatic heterocycles. The van der Waals surface area contributed by atoms with Crippen LogP contribution in [0.15, 0.2) is 58.5 Å². The van der Waals surface area contributed by atoms with Gasteiger partial charge in [0, 0.05) is 17.9 Å². The lowest BCUT2D eigenvalue weighted by Gasteiger charge is -2.03. The minimum Gasteiger partial charge on any atom is -0.301 e. The van der Waals surface area contributed by atoms with Gasteiger partial charge in [-0.1, -0.05) is 36.0 Å². The van der Waals surface area contributed by atoms with Gasteiger partial charge in [0.2, 0.25) is 0 Å². The van der Waals surface area contributed by atoms with Crippen LogP contribution >= 0.6 is 11.8 Å². The lowest BCUT2D eigenvalue weighted by molar-refractivity contribution is -0.384. The number of aromatic nitrogens is 2. The van der Waals surface area contributed by atoms with Crippen molar-refractivity contribution in [1.82, 2.24) is 9.97 Å². The molecule has 22 heavy (non-hydrogen) atoms. The molecule has 0 radical (unpaired) electrons. The van der Waals surface area contributed by atoms with Crippen molar-refractivity contribution in [3.8, 4) is 0 Å². The third-order valence-corrected chi connectivity index (χ3v) is 4.06. The van der Waals surface area contributed by atoms with Gasteiger partial charge in [-0.15, -0.1) is 0 Å². The molecule has 0 saturated carbocycles. The fourth-order valence-electron chi connectivity index (χ4n) is 2.00. The monoisotopic (exact) mass is 313 g/mol. The highest BCUT2D eigenvalue weighted by atomic mass is 32.2. The molecule has 0 spiro atoms. The first-order chi connectivity index (χ1) is 10.6. The topological polar surface area (TPSA) is 88.9 Å². The van der Waals surface area contributed by atoms with Crippen molar-refractivity contribution in [3.05, 3.63) is 74.6 Å². The van der Waals surface area contributed by atoms with Gasteiger partial charge < -0.3 is 4.98 Å². The Morgan fingerprint density at radius 2 is 1.86 bits per heavy atom. The van der Waals surface area contributed by atoms with Crippen LogP contribution in [-0.2, 0) is 5.75 Å².